The fraction of sp³-hybridized carbons (Fsp3) is 0.538. The highest BCUT2D eigenvalue weighted by molar-refractivity contribution is 7.89. The van der Waals surface area contributed by atoms with Gasteiger partial charge in [0.05, 0.1) is 26.5 Å². The summed E-state index contributed by atoms with van der Waals surface area (Å²) in [5.41, 5.74) is 6.02. The van der Waals surface area contributed by atoms with Crippen molar-refractivity contribution in [1.29, 1.82) is 0 Å². The van der Waals surface area contributed by atoms with Crippen LogP contribution in [0.25, 0.3) is 0 Å². The molecule has 1 fully saturated rings. The van der Waals surface area contributed by atoms with Crippen LogP contribution < -0.4 is 15.2 Å². The van der Waals surface area contributed by atoms with Gasteiger partial charge in [0.2, 0.25) is 10.0 Å². The lowest BCUT2D eigenvalue weighted by Crippen LogP contribution is -2.37. The molecule has 118 valence electrons. The first-order chi connectivity index (χ1) is 9.95. The molecular weight excluding hydrogens is 296 g/mol. The zero-order chi connectivity index (χ0) is 15.6. The van der Waals surface area contributed by atoms with Crippen LogP contribution in [0.1, 0.15) is 12.8 Å². The molecule has 7 nitrogen and oxygen atoms in total. The standard InChI is InChI=1S/C13H20N2O5S/c1-19-11-7-12(20-2)13(6-10(11)14)21(17,18)15-5-3-4-9(15)8-16/h6-7,9,16H,3-5,8,14H2,1-2H3/t9-/m1/s1. The number of benzene rings is 1. The Bertz CT molecular complexity index is 617. The Morgan fingerprint density at radius 3 is 2.57 bits per heavy atom. The number of hydrogen-bond donors (Lipinski definition) is 2. The molecule has 1 aliphatic rings. The Balaban J connectivity index is 2.51. The van der Waals surface area contributed by atoms with Crippen molar-refractivity contribution < 1.29 is 23.0 Å². The Kier molecular flexibility index (Phi) is 4.60. The van der Waals surface area contributed by atoms with Crippen LogP contribution in [0, 0.1) is 0 Å². The summed E-state index contributed by atoms with van der Waals surface area (Å²) < 4.78 is 37.1. The van der Waals surface area contributed by atoms with Gasteiger partial charge in [0, 0.05) is 18.7 Å². The van der Waals surface area contributed by atoms with Crippen molar-refractivity contribution in [2.75, 3.05) is 33.1 Å². The lowest BCUT2D eigenvalue weighted by molar-refractivity contribution is 0.213. The van der Waals surface area contributed by atoms with Gasteiger partial charge in [-0.1, -0.05) is 0 Å². The molecule has 0 unspecified atom stereocenters. The molecule has 0 aromatic heterocycles. The molecule has 0 amide bonds. The summed E-state index contributed by atoms with van der Waals surface area (Å²) in [5, 5.41) is 9.33. The molecule has 1 aromatic rings. The van der Waals surface area contributed by atoms with Crippen molar-refractivity contribution in [3.8, 4) is 11.5 Å². The van der Waals surface area contributed by atoms with Crippen LogP contribution >= 0.6 is 0 Å². The van der Waals surface area contributed by atoms with Crippen molar-refractivity contribution in [1.82, 2.24) is 4.31 Å². The minimum Gasteiger partial charge on any atom is -0.495 e. The van der Waals surface area contributed by atoms with Gasteiger partial charge in [-0.15, -0.1) is 0 Å². The first kappa shape index (κ1) is 15.9. The van der Waals surface area contributed by atoms with Crippen LogP contribution in [0.5, 0.6) is 11.5 Å². The molecule has 21 heavy (non-hydrogen) atoms. The highest BCUT2D eigenvalue weighted by atomic mass is 32.2. The van der Waals surface area contributed by atoms with E-state index < -0.39 is 16.1 Å². The molecule has 1 atom stereocenters. The number of rotatable bonds is 5. The van der Waals surface area contributed by atoms with Gasteiger partial charge >= 0.3 is 0 Å². The van der Waals surface area contributed by atoms with Gasteiger partial charge in [-0.25, -0.2) is 8.42 Å². The first-order valence-electron chi connectivity index (χ1n) is 6.60. The third-order valence-corrected chi connectivity index (χ3v) is 5.61. The van der Waals surface area contributed by atoms with E-state index in [4.69, 9.17) is 15.2 Å². The van der Waals surface area contributed by atoms with Crippen LogP contribution in [-0.2, 0) is 10.0 Å². The predicted molar refractivity (Wildman–Crippen MR) is 78.0 cm³/mol. The SMILES string of the molecule is COc1cc(OC)c(S(=O)(=O)N2CCC[C@@H]2CO)cc1N. The number of anilines is 1. The highest BCUT2D eigenvalue weighted by Crippen LogP contribution is 2.37. The fourth-order valence-corrected chi connectivity index (χ4v) is 4.39. The van der Waals surface area contributed by atoms with Gasteiger partial charge in [-0.2, -0.15) is 4.31 Å². The first-order valence-corrected chi connectivity index (χ1v) is 8.04. The molecule has 3 N–H and O–H groups in total. The van der Waals surface area contributed by atoms with Crippen LogP contribution in [0.4, 0.5) is 5.69 Å². The van der Waals surface area contributed by atoms with E-state index in [-0.39, 0.29) is 22.9 Å². The Morgan fingerprint density at radius 1 is 1.33 bits per heavy atom. The second-order valence-electron chi connectivity index (χ2n) is 4.84. The van der Waals surface area contributed by atoms with Gasteiger partial charge < -0.3 is 20.3 Å². The molecule has 0 spiro atoms. The van der Waals surface area contributed by atoms with Crippen molar-refractivity contribution in [2.24, 2.45) is 0 Å². The number of hydrogen-bond acceptors (Lipinski definition) is 6. The fourth-order valence-electron chi connectivity index (χ4n) is 2.53. The average Bonchev–Trinajstić information content (AvgIpc) is 2.96. The summed E-state index contributed by atoms with van der Waals surface area (Å²) >= 11 is 0. The molecule has 1 heterocycles. The largest absolute Gasteiger partial charge is 0.495 e. The Hall–Kier alpha value is -1.51. The molecule has 0 aliphatic carbocycles. The molecule has 0 radical (unpaired) electrons. The second-order valence-corrected chi connectivity index (χ2v) is 6.70. The second kappa shape index (κ2) is 6.08. The zero-order valence-corrected chi connectivity index (χ0v) is 12.9. The quantitative estimate of drug-likeness (QED) is 0.764. The van der Waals surface area contributed by atoms with E-state index in [9.17, 15) is 13.5 Å². The summed E-state index contributed by atoms with van der Waals surface area (Å²) in [6.45, 7) is 0.176. The zero-order valence-electron chi connectivity index (χ0n) is 12.1. The van der Waals surface area contributed by atoms with E-state index in [0.29, 0.717) is 18.7 Å². The number of nitrogen functional groups attached to an aromatic ring is 1. The van der Waals surface area contributed by atoms with Gasteiger partial charge in [0.1, 0.15) is 16.4 Å². The summed E-state index contributed by atoms with van der Waals surface area (Å²) in [6.07, 6.45) is 1.36. The summed E-state index contributed by atoms with van der Waals surface area (Å²) in [5.74, 6) is 0.524. The van der Waals surface area contributed by atoms with E-state index >= 15 is 0 Å². The van der Waals surface area contributed by atoms with E-state index in [1.807, 2.05) is 0 Å². The minimum atomic E-state index is -3.78. The number of nitrogens with zero attached hydrogens (tertiary/aromatic N) is 1. The number of ether oxygens (including phenoxy) is 2. The van der Waals surface area contributed by atoms with E-state index in [0.717, 1.165) is 6.42 Å². The van der Waals surface area contributed by atoms with E-state index in [1.54, 1.807) is 0 Å². The van der Waals surface area contributed by atoms with Crippen molar-refractivity contribution >= 4 is 15.7 Å². The van der Waals surface area contributed by atoms with Crippen LogP contribution in [0.3, 0.4) is 0 Å². The third-order valence-electron chi connectivity index (χ3n) is 3.64. The lowest BCUT2D eigenvalue weighted by Gasteiger charge is -2.24. The maximum atomic E-state index is 12.8. The number of methoxy groups -OCH3 is 2. The molecule has 1 saturated heterocycles. The predicted octanol–water partition coefficient (Wildman–Crippen LogP) is 0.431. The molecule has 1 aromatic carbocycles. The molecular formula is C13H20N2O5S. The average molecular weight is 316 g/mol. The van der Waals surface area contributed by atoms with Crippen LogP contribution in [0.2, 0.25) is 0 Å². The molecule has 8 heteroatoms. The number of aliphatic hydroxyl groups excluding tert-OH is 1. The third kappa shape index (κ3) is 2.78. The minimum absolute atomic E-state index is 0.0105. The van der Waals surface area contributed by atoms with E-state index in [1.165, 1.54) is 30.7 Å². The summed E-state index contributed by atoms with van der Waals surface area (Å²) in [4.78, 5) is -0.0105. The van der Waals surface area contributed by atoms with Crippen LogP contribution in [-0.4, -0.2) is 51.2 Å². The van der Waals surface area contributed by atoms with Gasteiger partial charge in [0.15, 0.2) is 0 Å². The van der Waals surface area contributed by atoms with Crippen molar-refractivity contribution in [3.05, 3.63) is 12.1 Å². The van der Waals surface area contributed by atoms with Gasteiger partial charge in [-0.3, -0.25) is 0 Å². The van der Waals surface area contributed by atoms with Gasteiger partial charge in [-0.05, 0) is 18.9 Å². The normalized spacial score (nSPS) is 19.7. The number of aliphatic hydroxyl groups is 1. The summed E-state index contributed by atoms with van der Waals surface area (Å²) in [7, 11) is -0.945. The Labute approximate surface area is 124 Å². The van der Waals surface area contributed by atoms with Gasteiger partial charge in [0.25, 0.3) is 0 Å². The highest BCUT2D eigenvalue weighted by Gasteiger charge is 2.36. The maximum absolute atomic E-state index is 12.8. The lowest BCUT2D eigenvalue weighted by atomic mass is 10.2. The number of nitrogens with two attached hydrogens (primary N) is 1. The van der Waals surface area contributed by atoms with Crippen molar-refractivity contribution in [3.63, 3.8) is 0 Å². The number of sulfonamides is 1. The smallest absolute Gasteiger partial charge is 0.247 e. The summed E-state index contributed by atoms with van der Waals surface area (Å²) in [6, 6.07) is 2.38. The molecule has 1 aliphatic heterocycles. The molecule has 0 saturated carbocycles. The van der Waals surface area contributed by atoms with Crippen LogP contribution in [0.15, 0.2) is 17.0 Å². The topological polar surface area (TPSA) is 102 Å². The van der Waals surface area contributed by atoms with E-state index in [2.05, 4.69) is 0 Å². The molecule has 0 bridgehead atoms. The van der Waals surface area contributed by atoms with Crippen molar-refractivity contribution in [2.45, 2.75) is 23.8 Å². The monoisotopic (exact) mass is 316 g/mol. The Morgan fingerprint density at radius 2 is 2.00 bits per heavy atom. The maximum Gasteiger partial charge on any atom is 0.247 e. The molecule has 2 rings (SSSR count).